The number of aryl methyl sites for hydroxylation is 2. The van der Waals surface area contributed by atoms with Crippen LogP contribution in [-0.2, 0) is 5.60 Å². The van der Waals surface area contributed by atoms with Crippen molar-refractivity contribution >= 4 is 0 Å². The van der Waals surface area contributed by atoms with Gasteiger partial charge in [-0.15, -0.1) is 0 Å². The van der Waals surface area contributed by atoms with Crippen LogP contribution < -0.4 is 0 Å². The number of hydrogen-bond donors (Lipinski definition) is 1. The molecule has 2 heteroatoms. The van der Waals surface area contributed by atoms with E-state index in [9.17, 15) is 5.11 Å². The van der Waals surface area contributed by atoms with Crippen LogP contribution in [0.25, 0.3) is 0 Å². The van der Waals surface area contributed by atoms with Crippen LogP contribution >= 0.6 is 0 Å². The first kappa shape index (κ1) is 18.9. The molecule has 0 amide bonds. The molecule has 1 heterocycles. The monoisotopic (exact) mass is 371 g/mol. The molecule has 0 aliphatic carbocycles. The van der Waals surface area contributed by atoms with Crippen molar-refractivity contribution in [3.63, 3.8) is 0 Å². The van der Waals surface area contributed by atoms with Gasteiger partial charge in [0.1, 0.15) is 5.60 Å². The fraction of sp³-hybridized carbons (Fsp3) is 0.308. The Kier molecular flexibility index (Phi) is 5.09. The number of hydrogen-bond acceptors (Lipinski definition) is 2. The lowest BCUT2D eigenvalue weighted by Gasteiger charge is -2.41. The van der Waals surface area contributed by atoms with Crippen LogP contribution in [0.4, 0.5) is 0 Å². The zero-order chi connectivity index (χ0) is 19.7. The molecule has 3 aromatic rings. The number of likely N-dealkylation sites (tertiary alicyclic amines) is 1. The maximum absolute atomic E-state index is 12.4. The molecule has 0 spiro atoms. The van der Waals surface area contributed by atoms with Gasteiger partial charge >= 0.3 is 0 Å². The molecule has 0 radical (unpaired) electrons. The molecule has 0 unspecified atom stereocenters. The summed E-state index contributed by atoms with van der Waals surface area (Å²) in [5.74, 6) is 0. The Morgan fingerprint density at radius 2 is 1.25 bits per heavy atom. The molecule has 1 fully saturated rings. The molecule has 0 saturated carbocycles. The van der Waals surface area contributed by atoms with Crippen molar-refractivity contribution in [3.8, 4) is 0 Å². The van der Waals surface area contributed by atoms with Crippen molar-refractivity contribution in [1.82, 2.24) is 4.90 Å². The highest BCUT2D eigenvalue weighted by atomic mass is 16.3. The van der Waals surface area contributed by atoms with E-state index >= 15 is 0 Å². The zero-order valence-electron chi connectivity index (χ0n) is 17.0. The molecule has 2 nitrogen and oxygen atoms in total. The summed E-state index contributed by atoms with van der Waals surface area (Å²) >= 11 is 0. The van der Waals surface area contributed by atoms with Gasteiger partial charge in [-0.3, -0.25) is 4.90 Å². The number of likely N-dealkylation sites (N-methyl/N-ethyl adjacent to an activating group) is 1. The van der Waals surface area contributed by atoms with Crippen molar-refractivity contribution < 1.29 is 5.11 Å². The van der Waals surface area contributed by atoms with E-state index in [-0.39, 0.29) is 6.04 Å². The van der Waals surface area contributed by atoms with Crippen LogP contribution in [0.5, 0.6) is 0 Å². The lowest BCUT2D eigenvalue weighted by atomic mass is 9.76. The largest absolute Gasteiger partial charge is 0.379 e. The van der Waals surface area contributed by atoms with Crippen molar-refractivity contribution in [2.45, 2.75) is 44.4 Å². The zero-order valence-corrected chi connectivity index (χ0v) is 17.0. The van der Waals surface area contributed by atoms with E-state index in [0.29, 0.717) is 6.04 Å². The quantitative estimate of drug-likeness (QED) is 0.666. The van der Waals surface area contributed by atoms with Crippen molar-refractivity contribution in [2.24, 2.45) is 0 Å². The molecule has 4 rings (SSSR count). The van der Waals surface area contributed by atoms with Gasteiger partial charge < -0.3 is 5.11 Å². The Morgan fingerprint density at radius 3 is 1.79 bits per heavy atom. The summed E-state index contributed by atoms with van der Waals surface area (Å²) in [7, 11) is 2.16. The Bertz CT molecular complexity index is 904. The Hall–Kier alpha value is -2.42. The van der Waals surface area contributed by atoms with Crippen LogP contribution in [0, 0.1) is 13.8 Å². The predicted octanol–water partition coefficient (Wildman–Crippen LogP) is 5.37. The highest BCUT2D eigenvalue weighted by molar-refractivity contribution is 5.46. The van der Waals surface area contributed by atoms with Crippen LogP contribution in [0.3, 0.4) is 0 Å². The highest BCUT2D eigenvalue weighted by Gasteiger charge is 2.48. The third-order valence-corrected chi connectivity index (χ3v) is 6.47. The first-order chi connectivity index (χ1) is 13.5. The van der Waals surface area contributed by atoms with Crippen molar-refractivity contribution in [1.29, 1.82) is 0 Å². The molecular formula is C26H29NO. The molecule has 1 aliphatic rings. The van der Waals surface area contributed by atoms with Crippen LogP contribution in [-0.4, -0.2) is 23.1 Å². The number of aliphatic hydroxyl groups is 1. The van der Waals surface area contributed by atoms with Gasteiger partial charge in [0.15, 0.2) is 0 Å². The minimum absolute atomic E-state index is 0.0138. The van der Waals surface area contributed by atoms with Gasteiger partial charge in [0.25, 0.3) is 0 Å². The minimum Gasteiger partial charge on any atom is -0.379 e. The number of nitrogens with zero attached hydrogens (tertiary/aromatic N) is 1. The maximum Gasteiger partial charge on any atom is 0.131 e. The minimum atomic E-state index is -1.05. The standard InChI is InChI=1S/C26H29NO/c1-19-11-7-9-15-22(19)26(28,23-16-10-8-12-20(23)2)25-18-17-24(27(25)3)21-13-5-4-6-14-21/h4-16,24-25,28H,17-18H2,1-3H3/t24-,25+/m1/s1. The second-order valence-electron chi connectivity index (χ2n) is 8.08. The van der Waals surface area contributed by atoms with Gasteiger partial charge in [0, 0.05) is 12.1 Å². The predicted molar refractivity (Wildman–Crippen MR) is 115 cm³/mol. The summed E-state index contributed by atoms with van der Waals surface area (Å²) in [5, 5.41) is 12.4. The van der Waals surface area contributed by atoms with E-state index in [1.807, 2.05) is 24.3 Å². The van der Waals surface area contributed by atoms with Gasteiger partial charge in [0.2, 0.25) is 0 Å². The summed E-state index contributed by atoms with van der Waals surface area (Å²) in [4.78, 5) is 2.38. The Balaban J connectivity index is 1.84. The normalized spacial score (nSPS) is 20.4. The van der Waals surface area contributed by atoms with Crippen molar-refractivity contribution in [2.75, 3.05) is 7.05 Å². The van der Waals surface area contributed by atoms with Crippen LogP contribution in [0.15, 0.2) is 78.9 Å². The fourth-order valence-corrected chi connectivity index (χ4v) is 5.03. The lowest BCUT2D eigenvalue weighted by Crippen LogP contribution is -2.48. The smallest absolute Gasteiger partial charge is 0.131 e. The first-order valence-corrected chi connectivity index (χ1v) is 10.1. The Labute approximate surface area is 168 Å². The van der Waals surface area contributed by atoms with Gasteiger partial charge in [0.05, 0.1) is 0 Å². The van der Waals surface area contributed by atoms with Crippen LogP contribution in [0.2, 0.25) is 0 Å². The van der Waals surface area contributed by atoms with E-state index in [1.165, 1.54) is 5.56 Å². The summed E-state index contributed by atoms with van der Waals surface area (Å²) in [5.41, 5.74) is 4.55. The molecule has 2 atom stereocenters. The topological polar surface area (TPSA) is 23.5 Å². The third-order valence-electron chi connectivity index (χ3n) is 6.47. The van der Waals surface area contributed by atoms with E-state index < -0.39 is 5.60 Å². The average molecular weight is 372 g/mol. The van der Waals surface area contributed by atoms with Gasteiger partial charge in [-0.05, 0) is 61.6 Å². The molecule has 28 heavy (non-hydrogen) atoms. The summed E-state index contributed by atoms with van der Waals surface area (Å²) in [6.45, 7) is 4.20. The molecular weight excluding hydrogens is 342 g/mol. The van der Waals surface area contributed by atoms with E-state index in [1.54, 1.807) is 0 Å². The molecule has 3 aromatic carbocycles. The molecule has 144 valence electrons. The van der Waals surface area contributed by atoms with E-state index in [4.69, 9.17) is 0 Å². The second kappa shape index (κ2) is 7.54. The van der Waals surface area contributed by atoms with Gasteiger partial charge in [-0.2, -0.15) is 0 Å². The van der Waals surface area contributed by atoms with Gasteiger partial charge in [-0.25, -0.2) is 0 Å². The molecule has 1 saturated heterocycles. The Morgan fingerprint density at radius 1 is 0.750 bits per heavy atom. The highest BCUT2D eigenvalue weighted by Crippen LogP contribution is 2.47. The lowest BCUT2D eigenvalue weighted by molar-refractivity contribution is -0.00497. The summed E-state index contributed by atoms with van der Waals surface area (Å²) in [6, 6.07) is 27.5. The fourth-order valence-electron chi connectivity index (χ4n) is 5.03. The van der Waals surface area contributed by atoms with Crippen molar-refractivity contribution in [3.05, 3.63) is 107 Å². The van der Waals surface area contributed by atoms with Gasteiger partial charge in [-0.1, -0.05) is 78.9 Å². The SMILES string of the molecule is Cc1ccccc1C(O)(c1ccccc1C)[C@@H]1CC[C@H](c2ccccc2)N1C. The summed E-state index contributed by atoms with van der Waals surface area (Å²) < 4.78 is 0. The summed E-state index contributed by atoms with van der Waals surface area (Å²) in [6.07, 6.45) is 2.00. The molecule has 1 aliphatic heterocycles. The molecule has 0 bridgehead atoms. The first-order valence-electron chi connectivity index (χ1n) is 10.1. The second-order valence-corrected chi connectivity index (χ2v) is 8.08. The van der Waals surface area contributed by atoms with Crippen LogP contribution in [0.1, 0.15) is 46.7 Å². The maximum atomic E-state index is 12.4. The third kappa shape index (κ3) is 3.07. The van der Waals surface area contributed by atoms with E-state index in [2.05, 4.69) is 80.4 Å². The molecule has 1 N–H and O–H groups in total. The average Bonchev–Trinajstić information content (AvgIpc) is 3.11. The van der Waals surface area contributed by atoms with E-state index in [0.717, 1.165) is 35.1 Å². The number of rotatable bonds is 4. The number of benzene rings is 3. The molecule has 0 aromatic heterocycles.